The largest absolute Gasteiger partial charge is 0.496 e. The number of nitrogens with two attached hydrogens (primary N) is 1. The van der Waals surface area contributed by atoms with Gasteiger partial charge in [-0.3, -0.25) is 4.90 Å². The van der Waals surface area contributed by atoms with E-state index in [4.69, 9.17) is 10.5 Å². The van der Waals surface area contributed by atoms with Crippen LogP contribution in [-0.2, 0) is 13.1 Å². The van der Waals surface area contributed by atoms with Crippen LogP contribution in [-0.4, -0.2) is 36.3 Å². The van der Waals surface area contributed by atoms with Gasteiger partial charge in [0.05, 0.1) is 13.2 Å². The highest BCUT2D eigenvalue weighted by Gasteiger charge is 2.24. The van der Waals surface area contributed by atoms with Crippen LogP contribution in [0, 0.1) is 5.92 Å². The number of rotatable bonds is 4. The number of ether oxygens (including phenoxy) is 1. The third-order valence-electron chi connectivity index (χ3n) is 3.97. The van der Waals surface area contributed by atoms with Gasteiger partial charge >= 0.3 is 0 Å². The van der Waals surface area contributed by atoms with E-state index in [1.807, 2.05) is 6.07 Å². The van der Waals surface area contributed by atoms with Crippen LogP contribution >= 0.6 is 0 Å². The molecule has 4 nitrogen and oxygen atoms in total. The van der Waals surface area contributed by atoms with Gasteiger partial charge in [-0.2, -0.15) is 0 Å². The molecule has 2 atom stereocenters. The number of hydrogen-bond donors (Lipinski definition) is 2. The van der Waals surface area contributed by atoms with E-state index in [0.29, 0.717) is 12.5 Å². The summed E-state index contributed by atoms with van der Waals surface area (Å²) in [6, 6.07) is 6.15. The van der Waals surface area contributed by atoms with E-state index in [9.17, 15) is 5.11 Å². The third-order valence-corrected chi connectivity index (χ3v) is 3.97. The maximum Gasteiger partial charge on any atom is 0.123 e. The lowest BCUT2D eigenvalue weighted by molar-refractivity contribution is 0.0259. The van der Waals surface area contributed by atoms with Gasteiger partial charge in [0.1, 0.15) is 5.75 Å². The van der Waals surface area contributed by atoms with Gasteiger partial charge in [-0.1, -0.05) is 13.0 Å². The molecule has 1 saturated heterocycles. The lowest BCUT2D eigenvalue weighted by Crippen LogP contribution is -2.42. The minimum atomic E-state index is -0.207. The highest BCUT2D eigenvalue weighted by atomic mass is 16.5. The number of aliphatic hydroxyl groups excluding tert-OH is 1. The maximum absolute atomic E-state index is 9.93. The van der Waals surface area contributed by atoms with E-state index < -0.39 is 0 Å². The predicted molar refractivity (Wildman–Crippen MR) is 76.0 cm³/mol. The quantitative estimate of drug-likeness (QED) is 0.862. The van der Waals surface area contributed by atoms with Crippen molar-refractivity contribution in [1.29, 1.82) is 0 Å². The average molecular weight is 264 g/mol. The molecule has 2 unspecified atom stereocenters. The monoisotopic (exact) mass is 264 g/mol. The fourth-order valence-corrected chi connectivity index (χ4v) is 2.61. The molecule has 0 bridgehead atoms. The number of nitrogens with zero attached hydrogens (tertiary/aromatic N) is 1. The number of aliphatic hydroxyl groups is 1. The molecule has 0 radical (unpaired) electrons. The van der Waals surface area contributed by atoms with Crippen molar-refractivity contribution in [1.82, 2.24) is 4.90 Å². The molecule has 3 N–H and O–H groups in total. The SMILES string of the molecule is COc1ccc(CN2CCC(C)C(O)C2)cc1CN. The van der Waals surface area contributed by atoms with Crippen molar-refractivity contribution in [2.24, 2.45) is 11.7 Å². The molecule has 19 heavy (non-hydrogen) atoms. The van der Waals surface area contributed by atoms with E-state index in [0.717, 1.165) is 37.4 Å². The van der Waals surface area contributed by atoms with Crippen molar-refractivity contribution in [3.8, 4) is 5.75 Å². The summed E-state index contributed by atoms with van der Waals surface area (Å²) in [5.41, 5.74) is 7.99. The van der Waals surface area contributed by atoms with Crippen LogP contribution in [0.4, 0.5) is 0 Å². The van der Waals surface area contributed by atoms with Gasteiger partial charge in [-0.15, -0.1) is 0 Å². The molecule has 4 heteroatoms. The van der Waals surface area contributed by atoms with Crippen molar-refractivity contribution < 1.29 is 9.84 Å². The zero-order valence-corrected chi connectivity index (χ0v) is 11.8. The fraction of sp³-hybridized carbons (Fsp3) is 0.600. The summed E-state index contributed by atoms with van der Waals surface area (Å²) in [6.07, 6.45) is 0.849. The molecule has 0 spiro atoms. The first-order valence-corrected chi connectivity index (χ1v) is 6.90. The maximum atomic E-state index is 9.93. The Balaban J connectivity index is 2.03. The molecule has 1 aliphatic rings. The van der Waals surface area contributed by atoms with Crippen molar-refractivity contribution in [3.05, 3.63) is 29.3 Å². The Labute approximate surface area is 115 Å². The van der Waals surface area contributed by atoms with E-state index in [-0.39, 0.29) is 6.10 Å². The normalized spacial score (nSPS) is 24.4. The summed E-state index contributed by atoms with van der Waals surface area (Å²) < 4.78 is 5.28. The Bertz CT molecular complexity index is 423. The number of likely N-dealkylation sites (tertiary alicyclic amines) is 1. The number of hydrogen-bond acceptors (Lipinski definition) is 4. The smallest absolute Gasteiger partial charge is 0.123 e. The molecule has 0 amide bonds. The summed E-state index contributed by atoms with van der Waals surface area (Å²) in [7, 11) is 1.66. The van der Waals surface area contributed by atoms with Crippen molar-refractivity contribution in [3.63, 3.8) is 0 Å². The minimum absolute atomic E-state index is 0.207. The van der Waals surface area contributed by atoms with E-state index in [2.05, 4.69) is 24.0 Å². The fourth-order valence-electron chi connectivity index (χ4n) is 2.61. The Hall–Kier alpha value is -1.10. The van der Waals surface area contributed by atoms with Crippen LogP contribution in [0.25, 0.3) is 0 Å². The van der Waals surface area contributed by atoms with Gasteiger partial charge in [0.25, 0.3) is 0 Å². The Morgan fingerprint density at radius 2 is 2.26 bits per heavy atom. The molecule has 0 aromatic heterocycles. The second-order valence-corrected chi connectivity index (χ2v) is 5.42. The molecular formula is C15H24N2O2. The minimum Gasteiger partial charge on any atom is -0.496 e. The predicted octanol–water partition coefficient (Wildman–Crippen LogP) is 1.36. The van der Waals surface area contributed by atoms with Crippen LogP contribution < -0.4 is 10.5 Å². The lowest BCUT2D eigenvalue weighted by Gasteiger charge is -2.34. The number of methoxy groups -OCH3 is 1. The summed E-state index contributed by atoms with van der Waals surface area (Å²) in [5, 5.41) is 9.93. The molecule has 0 aliphatic carbocycles. The van der Waals surface area contributed by atoms with Crippen LogP contribution in [0.1, 0.15) is 24.5 Å². The highest BCUT2D eigenvalue weighted by molar-refractivity contribution is 5.37. The first-order chi connectivity index (χ1) is 9.13. The molecule has 106 valence electrons. The second-order valence-electron chi connectivity index (χ2n) is 5.42. The molecule has 1 aliphatic heterocycles. The first kappa shape index (κ1) is 14.3. The highest BCUT2D eigenvalue weighted by Crippen LogP contribution is 2.22. The molecule has 1 aromatic carbocycles. The second kappa shape index (κ2) is 6.37. The molecular weight excluding hydrogens is 240 g/mol. The Morgan fingerprint density at radius 1 is 1.47 bits per heavy atom. The zero-order chi connectivity index (χ0) is 13.8. The van der Waals surface area contributed by atoms with Crippen molar-refractivity contribution >= 4 is 0 Å². The van der Waals surface area contributed by atoms with Crippen molar-refractivity contribution in [2.75, 3.05) is 20.2 Å². The van der Waals surface area contributed by atoms with Gasteiger partial charge in [0.15, 0.2) is 0 Å². The molecule has 0 saturated carbocycles. The van der Waals surface area contributed by atoms with Crippen LogP contribution in [0.3, 0.4) is 0 Å². The van der Waals surface area contributed by atoms with Crippen LogP contribution in [0.2, 0.25) is 0 Å². The zero-order valence-electron chi connectivity index (χ0n) is 11.8. The topological polar surface area (TPSA) is 58.7 Å². The van der Waals surface area contributed by atoms with Gasteiger partial charge in [-0.05, 0) is 36.6 Å². The summed E-state index contributed by atoms with van der Waals surface area (Å²) >= 11 is 0. The van der Waals surface area contributed by atoms with Gasteiger partial charge in [0.2, 0.25) is 0 Å². The number of β-amino-alcohol motifs (C(OH)–C–C–N with tert-alkyl or cyclic N) is 1. The van der Waals surface area contributed by atoms with Crippen LogP contribution in [0.5, 0.6) is 5.75 Å². The Morgan fingerprint density at radius 3 is 2.89 bits per heavy atom. The summed E-state index contributed by atoms with van der Waals surface area (Å²) in [5.74, 6) is 1.25. The molecule has 1 heterocycles. The number of benzene rings is 1. The third kappa shape index (κ3) is 3.47. The van der Waals surface area contributed by atoms with E-state index >= 15 is 0 Å². The summed E-state index contributed by atoms with van der Waals surface area (Å²) in [4.78, 5) is 2.30. The van der Waals surface area contributed by atoms with E-state index in [1.54, 1.807) is 7.11 Å². The van der Waals surface area contributed by atoms with Gasteiger partial charge in [-0.25, -0.2) is 0 Å². The van der Waals surface area contributed by atoms with E-state index in [1.165, 1.54) is 5.56 Å². The lowest BCUT2D eigenvalue weighted by atomic mass is 9.95. The van der Waals surface area contributed by atoms with Gasteiger partial charge in [0, 0.05) is 25.2 Å². The van der Waals surface area contributed by atoms with Crippen molar-refractivity contribution in [2.45, 2.75) is 32.5 Å². The average Bonchev–Trinajstić information content (AvgIpc) is 2.43. The molecule has 1 fully saturated rings. The summed E-state index contributed by atoms with van der Waals surface area (Å²) in [6.45, 7) is 5.26. The standard InChI is InChI=1S/C15H24N2O2/c1-11-5-6-17(10-14(11)18)9-12-3-4-15(19-2)13(7-12)8-16/h3-4,7,11,14,18H,5-6,8-10,16H2,1-2H3. The Kier molecular flexibility index (Phi) is 4.80. The molecule has 1 aromatic rings. The van der Waals surface area contributed by atoms with Gasteiger partial charge < -0.3 is 15.6 Å². The van der Waals surface area contributed by atoms with Crippen LogP contribution in [0.15, 0.2) is 18.2 Å². The number of piperidine rings is 1. The molecule has 2 rings (SSSR count). The first-order valence-electron chi connectivity index (χ1n) is 6.90.